The number of amides is 1. The molecule has 112 valence electrons. The molecule has 0 saturated carbocycles. The lowest BCUT2D eigenvalue weighted by Gasteiger charge is -2.22. The third-order valence-electron chi connectivity index (χ3n) is 3.03. The van der Waals surface area contributed by atoms with Crippen LogP contribution in [0.3, 0.4) is 0 Å². The van der Waals surface area contributed by atoms with Crippen molar-refractivity contribution in [3.05, 3.63) is 0 Å². The Kier molecular flexibility index (Phi) is 6.54. The van der Waals surface area contributed by atoms with E-state index in [9.17, 15) is 9.90 Å². The van der Waals surface area contributed by atoms with Crippen LogP contribution in [0.15, 0.2) is 0 Å². The van der Waals surface area contributed by atoms with Gasteiger partial charge in [0.05, 0.1) is 25.9 Å². The summed E-state index contributed by atoms with van der Waals surface area (Å²) in [4.78, 5) is 11.4. The van der Waals surface area contributed by atoms with Crippen LogP contribution in [-0.2, 0) is 14.2 Å². The summed E-state index contributed by atoms with van der Waals surface area (Å²) >= 11 is 0. The van der Waals surface area contributed by atoms with Crippen molar-refractivity contribution in [1.82, 2.24) is 5.32 Å². The zero-order valence-corrected chi connectivity index (χ0v) is 12.0. The number of carbonyl (C=O) groups excluding carboxylic acids is 1. The third-order valence-corrected chi connectivity index (χ3v) is 3.03. The van der Waals surface area contributed by atoms with E-state index in [1.165, 1.54) is 0 Å². The highest BCUT2D eigenvalue weighted by Crippen LogP contribution is 2.20. The summed E-state index contributed by atoms with van der Waals surface area (Å²) in [7, 11) is 0. The molecule has 2 N–H and O–H groups in total. The first-order valence-electron chi connectivity index (χ1n) is 6.81. The molecule has 1 fully saturated rings. The smallest absolute Gasteiger partial charge is 0.407 e. The van der Waals surface area contributed by atoms with Crippen LogP contribution in [0.4, 0.5) is 4.79 Å². The number of nitrogens with one attached hydrogen (secondary N) is 1. The minimum Gasteiger partial charge on any atom is -0.450 e. The lowest BCUT2D eigenvalue weighted by atomic mass is 10.0. The second kappa shape index (κ2) is 7.67. The van der Waals surface area contributed by atoms with Crippen molar-refractivity contribution >= 4 is 6.09 Å². The number of aliphatic hydroxyl groups is 1. The lowest BCUT2D eigenvalue weighted by molar-refractivity contribution is -0.204. The summed E-state index contributed by atoms with van der Waals surface area (Å²) in [5.74, 6) is -0.891. The molecule has 1 aliphatic heterocycles. The molecule has 0 aliphatic carbocycles. The van der Waals surface area contributed by atoms with Crippen LogP contribution in [-0.4, -0.2) is 49.5 Å². The van der Waals surface area contributed by atoms with Gasteiger partial charge in [0.25, 0.3) is 0 Å². The molecular weight excluding hydrogens is 250 g/mol. The van der Waals surface area contributed by atoms with Crippen molar-refractivity contribution in [2.24, 2.45) is 5.92 Å². The van der Waals surface area contributed by atoms with Gasteiger partial charge in [0, 0.05) is 12.5 Å². The highest BCUT2D eigenvalue weighted by Gasteiger charge is 2.31. The quantitative estimate of drug-likeness (QED) is 0.739. The predicted octanol–water partition coefficient (Wildman–Crippen LogP) is 1.27. The molecule has 1 saturated heterocycles. The Bertz CT molecular complexity index is 282. The Labute approximate surface area is 114 Å². The van der Waals surface area contributed by atoms with E-state index in [2.05, 4.69) is 5.32 Å². The second-order valence-corrected chi connectivity index (χ2v) is 5.22. The normalized spacial score (nSPS) is 26.5. The van der Waals surface area contributed by atoms with Crippen LogP contribution in [0.25, 0.3) is 0 Å². The summed E-state index contributed by atoms with van der Waals surface area (Å²) in [6.45, 7) is 6.90. The van der Waals surface area contributed by atoms with E-state index in [-0.39, 0.29) is 12.5 Å². The minimum atomic E-state index is -0.697. The minimum absolute atomic E-state index is 0.194. The Hall–Kier alpha value is -0.850. The molecule has 0 aromatic carbocycles. The zero-order valence-electron chi connectivity index (χ0n) is 12.0. The number of hydrogen-bond acceptors (Lipinski definition) is 5. The molecular formula is C13H25NO5. The molecule has 0 aromatic heterocycles. The summed E-state index contributed by atoms with van der Waals surface area (Å²) in [6, 6.07) is 0. The SMILES string of the molecule is CCCCOC(=O)NC[C@@H]1COC(C)(C)OC[C@@H]1O. The van der Waals surface area contributed by atoms with Gasteiger partial charge < -0.3 is 24.6 Å². The molecule has 1 rings (SSSR count). The van der Waals surface area contributed by atoms with Crippen LogP contribution < -0.4 is 5.32 Å². The fourth-order valence-corrected chi connectivity index (χ4v) is 1.65. The van der Waals surface area contributed by atoms with Gasteiger partial charge in [0.2, 0.25) is 0 Å². The maximum Gasteiger partial charge on any atom is 0.407 e. The van der Waals surface area contributed by atoms with E-state index in [0.29, 0.717) is 19.8 Å². The molecule has 0 aromatic rings. The molecule has 2 atom stereocenters. The molecule has 1 heterocycles. The van der Waals surface area contributed by atoms with Gasteiger partial charge in [-0.2, -0.15) is 0 Å². The van der Waals surface area contributed by atoms with E-state index >= 15 is 0 Å². The maximum absolute atomic E-state index is 11.4. The van der Waals surface area contributed by atoms with Crippen LogP contribution >= 0.6 is 0 Å². The van der Waals surface area contributed by atoms with E-state index < -0.39 is 18.0 Å². The van der Waals surface area contributed by atoms with E-state index in [0.717, 1.165) is 12.8 Å². The number of ether oxygens (including phenoxy) is 3. The number of carbonyl (C=O) groups is 1. The highest BCUT2D eigenvalue weighted by atomic mass is 16.7. The number of aliphatic hydroxyl groups excluding tert-OH is 1. The van der Waals surface area contributed by atoms with Crippen molar-refractivity contribution in [2.75, 3.05) is 26.4 Å². The monoisotopic (exact) mass is 275 g/mol. The molecule has 0 radical (unpaired) electrons. The van der Waals surface area contributed by atoms with Crippen molar-refractivity contribution < 1.29 is 24.1 Å². The molecule has 0 spiro atoms. The standard InChI is InChI=1S/C13H25NO5/c1-4-5-6-17-12(16)14-7-10-8-18-13(2,3)19-9-11(10)15/h10-11,15H,4-9H2,1-3H3,(H,14,16)/t10-,11+/m1/s1. The van der Waals surface area contributed by atoms with Crippen molar-refractivity contribution in [3.8, 4) is 0 Å². The van der Waals surface area contributed by atoms with Crippen LogP contribution in [0.5, 0.6) is 0 Å². The summed E-state index contributed by atoms with van der Waals surface area (Å²) in [5, 5.41) is 12.6. The highest BCUT2D eigenvalue weighted by molar-refractivity contribution is 5.67. The third kappa shape index (κ3) is 6.22. The Morgan fingerprint density at radius 2 is 2.11 bits per heavy atom. The fraction of sp³-hybridized carbons (Fsp3) is 0.923. The first-order chi connectivity index (χ1) is 8.94. The first-order valence-corrected chi connectivity index (χ1v) is 6.81. The second-order valence-electron chi connectivity index (χ2n) is 5.22. The predicted molar refractivity (Wildman–Crippen MR) is 69.7 cm³/mol. The largest absolute Gasteiger partial charge is 0.450 e. The van der Waals surface area contributed by atoms with Gasteiger partial charge in [-0.1, -0.05) is 13.3 Å². The fourth-order valence-electron chi connectivity index (χ4n) is 1.65. The van der Waals surface area contributed by atoms with Crippen LogP contribution in [0, 0.1) is 5.92 Å². The maximum atomic E-state index is 11.4. The molecule has 1 aliphatic rings. The Morgan fingerprint density at radius 1 is 1.42 bits per heavy atom. The van der Waals surface area contributed by atoms with Gasteiger partial charge in [0.15, 0.2) is 5.79 Å². The summed E-state index contributed by atoms with van der Waals surface area (Å²) in [5.41, 5.74) is 0. The average molecular weight is 275 g/mol. The summed E-state index contributed by atoms with van der Waals surface area (Å²) < 4.78 is 15.9. The van der Waals surface area contributed by atoms with E-state index in [1.54, 1.807) is 13.8 Å². The zero-order chi connectivity index (χ0) is 14.3. The first kappa shape index (κ1) is 16.2. The van der Waals surface area contributed by atoms with Gasteiger partial charge in [-0.25, -0.2) is 4.79 Å². The van der Waals surface area contributed by atoms with Gasteiger partial charge in [-0.15, -0.1) is 0 Å². The number of rotatable bonds is 5. The average Bonchev–Trinajstić information content (AvgIpc) is 2.48. The van der Waals surface area contributed by atoms with Crippen molar-refractivity contribution in [2.45, 2.75) is 45.5 Å². The molecule has 1 amide bonds. The van der Waals surface area contributed by atoms with Crippen molar-refractivity contribution in [3.63, 3.8) is 0 Å². The molecule has 6 heteroatoms. The Balaban J connectivity index is 2.29. The van der Waals surface area contributed by atoms with Crippen molar-refractivity contribution in [1.29, 1.82) is 0 Å². The molecule has 19 heavy (non-hydrogen) atoms. The topological polar surface area (TPSA) is 77.0 Å². The molecule has 0 unspecified atom stereocenters. The number of unbranched alkanes of at least 4 members (excludes halogenated alkanes) is 1. The van der Waals surface area contributed by atoms with Gasteiger partial charge in [-0.05, 0) is 20.3 Å². The van der Waals surface area contributed by atoms with E-state index in [4.69, 9.17) is 14.2 Å². The van der Waals surface area contributed by atoms with Gasteiger partial charge in [-0.3, -0.25) is 0 Å². The lowest BCUT2D eigenvalue weighted by Crippen LogP contribution is -2.38. The number of hydrogen-bond donors (Lipinski definition) is 2. The Morgan fingerprint density at radius 3 is 2.79 bits per heavy atom. The van der Waals surface area contributed by atoms with E-state index in [1.807, 2.05) is 6.92 Å². The van der Waals surface area contributed by atoms with Crippen LogP contribution in [0.2, 0.25) is 0 Å². The molecule has 0 bridgehead atoms. The van der Waals surface area contributed by atoms with Gasteiger partial charge in [0.1, 0.15) is 0 Å². The van der Waals surface area contributed by atoms with Crippen LogP contribution in [0.1, 0.15) is 33.6 Å². The number of alkyl carbamates (subject to hydrolysis) is 1. The molecule has 6 nitrogen and oxygen atoms in total. The van der Waals surface area contributed by atoms with Gasteiger partial charge >= 0.3 is 6.09 Å². The summed E-state index contributed by atoms with van der Waals surface area (Å²) in [6.07, 6.45) is 0.724.